The minimum atomic E-state index is -4.41. The van der Waals surface area contributed by atoms with E-state index in [1.54, 1.807) is 5.38 Å². The SMILES string of the molecule is O=C(NCc1csc(-c2ccc(C(F)(F)F)cc2)n1)[C@@H]1CCCN1S(=O)(=O)c1ccc(Cl)s1. The normalized spacial score (nSPS) is 17.4. The molecule has 1 N–H and O–H groups in total. The summed E-state index contributed by atoms with van der Waals surface area (Å²) < 4.78 is 65.6. The minimum Gasteiger partial charge on any atom is -0.349 e. The number of alkyl halides is 3. The summed E-state index contributed by atoms with van der Waals surface area (Å²) in [6.45, 7) is 0.315. The summed E-state index contributed by atoms with van der Waals surface area (Å²) in [5, 5.41) is 4.94. The number of amides is 1. The van der Waals surface area contributed by atoms with Crippen molar-refractivity contribution in [1.82, 2.24) is 14.6 Å². The third kappa shape index (κ3) is 5.24. The van der Waals surface area contributed by atoms with Crippen molar-refractivity contribution in [3.8, 4) is 10.6 Å². The van der Waals surface area contributed by atoms with E-state index in [4.69, 9.17) is 11.6 Å². The van der Waals surface area contributed by atoms with E-state index >= 15 is 0 Å². The van der Waals surface area contributed by atoms with Crippen LogP contribution in [0.4, 0.5) is 13.2 Å². The highest BCUT2D eigenvalue weighted by atomic mass is 35.5. The van der Waals surface area contributed by atoms with Gasteiger partial charge in [0.05, 0.1) is 22.1 Å². The highest BCUT2D eigenvalue weighted by Crippen LogP contribution is 2.33. The summed E-state index contributed by atoms with van der Waals surface area (Å²) in [7, 11) is -3.83. The number of halogens is 4. The number of hydrogen-bond acceptors (Lipinski definition) is 6. The first-order valence-corrected chi connectivity index (χ1v) is 13.2. The van der Waals surface area contributed by atoms with Gasteiger partial charge in [0.2, 0.25) is 5.91 Å². The average molecular weight is 536 g/mol. The van der Waals surface area contributed by atoms with Crippen molar-refractivity contribution in [2.24, 2.45) is 0 Å². The van der Waals surface area contributed by atoms with Gasteiger partial charge in [0.1, 0.15) is 15.3 Å². The van der Waals surface area contributed by atoms with Crippen molar-refractivity contribution < 1.29 is 26.4 Å². The van der Waals surface area contributed by atoms with E-state index in [1.165, 1.54) is 39.9 Å². The molecule has 1 aliphatic rings. The largest absolute Gasteiger partial charge is 0.416 e. The summed E-state index contributed by atoms with van der Waals surface area (Å²) in [4.78, 5) is 17.1. The fraction of sp³-hybridized carbons (Fsp3) is 0.300. The van der Waals surface area contributed by atoms with Crippen molar-refractivity contribution in [3.63, 3.8) is 0 Å². The molecule has 0 saturated carbocycles. The molecule has 0 radical (unpaired) electrons. The molecule has 3 aromatic rings. The van der Waals surface area contributed by atoms with E-state index in [9.17, 15) is 26.4 Å². The second-order valence-corrected chi connectivity index (χ2v) is 12.0. The van der Waals surface area contributed by atoms with Gasteiger partial charge in [-0.1, -0.05) is 23.7 Å². The molecule has 1 aromatic carbocycles. The molecule has 13 heteroatoms. The van der Waals surface area contributed by atoms with E-state index in [0.29, 0.717) is 33.4 Å². The molecule has 1 aliphatic heterocycles. The van der Waals surface area contributed by atoms with Crippen molar-refractivity contribution >= 4 is 50.2 Å². The Hall–Kier alpha value is -1.99. The van der Waals surface area contributed by atoms with Crippen LogP contribution in [-0.4, -0.2) is 36.2 Å². The van der Waals surface area contributed by atoms with Gasteiger partial charge >= 0.3 is 6.18 Å². The fourth-order valence-corrected chi connectivity index (χ4v) is 7.55. The molecule has 4 rings (SSSR count). The Labute approximate surface area is 201 Å². The van der Waals surface area contributed by atoms with Crippen LogP contribution >= 0.6 is 34.3 Å². The van der Waals surface area contributed by atoms with Crippen LogP contribution in [0, 0.1) is 0 Å². The highest BCUT2D eigenvalue weighted by Gasteiger charge is 2.40. The number of nitrogens with zero attached hydrogens (tertiary/aromatic N) is 2. The molecule has 1 amide bonds. The molecular formula is C20H17ClF3N3O3S3. The highest BCUT2D eigenvalue weighted by molar-refractivity contribution is 7.91. The number of benzene rings is 1. The molecule has 33 heavy (non-hydrogen) atoms. The number of thiophene rings is 1. The lowest BCUT2D eigenvalue weighted by Gasteiger charge is -2.22. The van der Waals surface area contributed by atoms with Gasteiger partial charge in [0, 0.05) is 17.5 Å². The topological polar surface area (TPSA) is 79.4 Å². The Balaban J connectivity index is 1.40. The third-order valence-corrected chi connectivity index (χ3v) is 9.62. The second-order valence-electron chi connectivity index (χ2n) is 7.27. The zero-order chi connectivity index (χ0) is 23.8. The van der Waals surface area contributed by atoms with E-state index in [-0.39, 0.29) is 17.3 Å². The van der Waals surface area contributed by atoms with Gasteiger partial charge in [0.15, 0.2) is 0 Å². The van der Waals surface area contributed by atoms with E-state index in [0.717, 1.165) is 23.5 Å². The summed E-state index contributed by atoms with van der Waals surface area (Å²) in [5.74, 6) is -0.428. The molecule has 0 unspecified atom stereocenters. The standard InChI is InChI=1S/C20H17ClF3N3O3S3/c21-16-7-8-17(32-16)33(29,30)27-9-1-2-15(27)18(28)25-10-14-11-31-19(26-14)12-3-5-13(6-4-12)20(22,23)24/h3-8,11,15H,1-2,9-10H2,(H,25,28)/t15-/m0/s1. The van der Waals surface area contributed by atoms with E-state index < -0.39 is 33.7 Å². The van der Waals surface area contributed by atoms with Crippen LogP contribution in [0.3, 0.4) is 0 Å². The Morgan fingerprint density at radius 3 is 2.58 bits per heavy atom. The number of hydrogen-bond donors (Lipinski definition) is 1. The van der Waals surface area contributed by atoms with Gasteiger partial charge < -0.3 is 5.32 Å². The summed E-state index contributed by atoms with van der Waals surface area (Å²) in [6.07, 6.45) is -3.45. The van der Waals surface area contributed by atoms with Crippen LogP contribution < -0.4 is 5.32 Å². The van der Waals surface area contributed by atoms with Gasteiger partial charge in [-0.3, -0.25) is 4.79 Å². The predicted molar refractivity (Wildman–Crippen MR) is 121 cm³/mol. The molecule has 0 spiro atoms. The van der Waals surface area contributed by atoms with E-state index in [2.05, 4.69) is 10.3 Å². The molecule has 0 bridgehead atoms. The van der Waals surface area contributed by atoms with Crippen LogP contribution in [-0.2, 0) is 27.5 Å². The minimum absolute atomic E-state index is 0.0746. The maximum atomic E-state index is 12.9. The summed E-state index contributed by atoms with van der Waals surface area (Å²) >= 11 is 8.05. The van der Waals surface area contributed by atoms with Crippen LogP contribution in [0.15, 0.2) is 46.0 Å². The second kappa shape index (κ2) is 9.34. The molecule has 1 saturated heterocycles. The number of rotatable bonds is 6. The monoisotopic (exact) mass is 535 g/mol. The summed E-state index contributed by atoms with van der Waals surface area (Å²) in [5.41, 5.74) is 0.324. The number of nitrogens with one attached hydrogen (secondary N) is 1. The lowest BCUT2D eigenvalue weighted by Crippen LogP contribution is -2.45. The Morgan fingerprint density at radius 2 is 1.94 bits per heavy atom. The number of aromatic nitrogens is 1. The maximum Gasteiger partial charge on any atom is 0.416 e. The van der Waals surface area contributed by atoms with Crippen LogP contribution in [0.5, 0.6) is 0 Å². The molecule has 6 nitrogen and oxygen atoms in total. The van der Waals surface area contributed by atoms with Gasteiger partial charge in [-0.25, -0.2) is 13.4 Å². The molecule has 1 fully saturated rings. The van der Waals surface area contributed by atoms with Crippen molar-refractivity contribution in [1.29, 1.82) is 0 Å². The molecule has 176 valence electrons. The first-order chi connectivity index (χ1) is 15.6. The lowest BCUT2D eigenvalue weighted by molar-refractivity contribution is -0.137. The molecule has 3 heterocycles. The quantitative estimate of drug-likeness (QED) is 0.481. The average Bonchev–Trinajstić information content (AvgIpc) is 3.52. The van der Waals surface area contributed by atoms with Crippen molar-refractivity contribution in [3.05, 3.63) is 57.4 Å². The number of sulfonamides is 1. The van der Waals surface area contributed by atoms with Crippen LogP contribution in [0.1, 0.15) is 24.1 Å². The lowest BCUT2D eigenvalue weighted by atomic mass is 10.1. The van der Waals surface area contributed by atoms with Gasteiger partial charge in [-0.2, -0.15) is 17.5 Å². The molecule has 1 atom stereocenters. The van der Waals surface area contributed by atoms with Crippen molar-refractivity contribution in [2.45, 2.75) is 35.8 Å². The number of carbonyl (C=O) groups excluding carboxylic acids is 1. The zero-order valence-electron chi connectivity index (χ0n) is 16.8. The number of carbonyl (C=O) groups is 1. The van der Waals surface area contributed by atoms with E-state index in [1.807, 2.05) is 0 Å². The van der Waals surface area contributed by atoms with Gasteiger partial charge in [-0.15, -0.1) is 22.7 Å². The van der Waals surface area contributed by atoms with Gasteiger partial charge in [0.25, 0.3) is 10.0 Å². The maximum absolute atomic E-state index is 12.9. The first-order valence-electron chi connectivity index (χ1n) is 9.72. The zero-order valence-corrected chi connectivity index (χ0v) is 20.0. The smallest absolute Gasteiger partial charge is 0.349 e. The molecule has 0 aliphatic carbocycles. The number of thiazole rings is 1. The van der Waals surface area contributed by atoms with Crippen molar-refractivity contribution in [2.75, 3.05) is 6.54 Å². The Morgan fingerprint density at radius 1 is 1.21 bits per heavy atom. The molecule has 2 aromatic heterocycles. The Kier molecular flexibility index (Phi) is 6.83. The fourth-order valence-electron chi connectivity index (χ4n) is 3.46. The van der Waals surface area contributed by atoms with Crippen LogP contribution in [0.2, 0.25) is 4.34 Å². The first kappa shape index (κ1) is 24.1. The summed E-state index contributed by atoms with van der Waals surface area (Å²) in [6, 6.07) is 6.78. The predicted octanol–water partition coefficient (Wildman–Crippen LogP) is 5.01. The van der Waals surface area contributed by atoms with Crippen LogP contribution in [0.25, 0.3) is 10.6 Å². The Bertz CT molecular complexity index is 1260. The molecular weight excluding hydrogens is 519 g/mol. The third-order valence-electron chi connectivity index (χ3n) is 5.07. The van der Waals surface area contributed by atoms with Gasteiger partial charge in [-0.05, 0) is 37.1 Å².